The van der Waals surface area contributed by atoms with Gasteiger partial charge in [-0.05, 0) is 329 Å². The summed E-state index contributed by atoms with van der Waals surface area (Å²) in [6.07, 6.45) is 16.9. The van der Waals surface area contributed by atoms with Crippen LogP contribution in [0.5, 0.6) is 11.5 Å². The summed E-state index contributed by atoms with van der Waals surface area (Å²) in [5.41, 5.74) is 15.9. The molecule has 0 unspecified atom stereocenters. The normalized spacial score (nSPS) is 11.1. The van der Waals surface area contributed by atoms with Crippen LogP contribution in [0.2, 0.25) is 0 Å². The van der Waals surface area contributed by atoms with Crippen LogP contribution in [0.3, 0.4) is 0 Å². The second-order valence-corrected chi connectivity index (χ2v) is 33.8. The minimum atomic E-state index is -1.40. The first-order chi connectivity index (χ1) is 62.1. The summed E-state index contributed by atoms with van der Waals surface area (Å²) in [6.45, 7) is 33.7. The minimum Gasteiger partial charge on any atom is -0.457 e. The number of nitrogens with zero attached hydrogens (tertiary/aromatic N) is 2. The Morgan fingerprint density at radius 1 is 0.419 bits per heavy atom. The van der Waals surface area contributed by atoms with Crippen molar-refractivity contribution in [3.8, 4) is 11.5 Å². The number of hydrogen-bond donors (Lipinski definition) is 2. The van der Waals surface area contributed by atoms with E-state index in [0.717, 1.165) is 94.0 Å². The van der Waals surface area contributed by atoms with E-state index in [-0.39, 0.29) is 11.6 Å². The number of aromatic nitrogens is 3. The van der Waals surface area contributed by atoms with Gasteiger partial charge in [-0.3, -0.25) is 0 Å². The monoisotopic (exact) mass is 1830 g/mol. The van der Waals surface area contributed by atoms with Gasteiger partial charge in [0.15, 0.2) is 17.5 Å². The number of aryl methyl sites for hydroxylation is 10. The summed E-state index contributed by atoms with van der Waals surface area (Å²) in [4.78, 5) is 14.2. The molecule has 4 heterocycles. The van der Waals surface area contributed by atoms with E-state index in [4.69, 9.17) is 4.74 Å². The molecular formula is C113H124BrF9N4OS. The van der Waals surface area contributed by atoms with Crippen LogP contribution >= 0.6 is 27.7 Å². The molecule has 1 fully saturated rings. The lowest BCUT2D eigenvalue weighted by Gasteiger charge is -2.27. The van der Waals surface area contributed by atoms with Gasteiger partial charge in [0.2, 0.25) is 0 Å². The number of rotatable bonds is 14. The zero-order valence-corrected chi connectivity index (χ0v) is 79.6. The van der Waals surface area contributed by atoms with Crippen molar-refractivity contribution < 1.29 is 44.3 Å². The molecule has 1 aliphatic heterocycles. The Morgan fingerprint density at radius 3 is 1.47 bits per heavy atom. The molecule has 17 rings (SSSR count). The van der Waals surface area contributed by atoms with Gasteiger partial charge < -0.3 is 19.6 Å². The average Bonchev–Trinajstić information content (AvgIpc) is 1.41. The van der Waals surface area contributed by atoms with E-state index >= 15 is 0 Å². The van der Waals surface area contributed by atoms with Gasteiger partial charge in [-0.25, -0.2) is 44.5 Å². The summed E-state index contributed by atoms with van der Waals surface area (Å²) in [5.74, 6) is -1.86. The number of fused-ring (bicyclic) bond motifs is 4. The highest BCUT2D eigenvalue weighted by Crippen LogP contribution is 2.32. The lowest BCUT2D eigenvalue weighted by Crippen LogP contribution is -2.30. The van der Waals surface area contributed by atoms with Crippen molar-refractivity contribution in [1.29, 1.82) is 0 Å². The predicted octanol–water partition coefficient (Wildman–Crippen LogP) is 34.1. The molecule has 0 spiro atoms. The van der Waals surface area contributed by atoms with Crippen LogP contribution in [0.1, 0.15) is 168 Å². The van der Waals surface area contributed by atoms with Gasteiger partial charge in [-0.15, -0.1) is 11.8 Å². The third-order valence-electron chi connectivity index (χ3n) is 21.9. The van der Waals surface area contributed by atoms with Gasteiger partial charge >= 0.3 is 0 Å². The molecule has 16 aromatic rings. The molecule has 0 bridgehead atoms. The number of halogens is 10. The number of anilines is 1. The topological polar surface area (TPSA) is 56.9 Å². The van der Waals surface area contributed by atoms with Crippen molar-refractivity contribution in [3.63, 3.8) is 0 Å². The predicted molar refractivity (Wildman–Crippen MR) is 532 cm³/mol. The standard InChI is InChI=1S/C17H16.C14H14O.C11H16N2.C11H16.C10H10FN.C9H8FN.C9H12.C8H9BrS.C8H7F3.2C8H8F2/c1-2-7-17-15-10-5-3-8-13(15)12-14-9-4-6-11-16(14)17;1-2-12-8-6-7-11-14(12)15-13-9-4-3-5-10-13;1-10-5-6-12-11(9-10)13-7-3-2-4-8-13;1-4-11(2,3)10-8-6-5-7-9-10;1-2-7-6-12-10-4-3-8(11)5-9(7)10;1-6-5-11-9-3-2-7(10)4-8(6)9;1-7-5-4-6-8(2)9(7)3;1-2-10-8-6-4-3-5-7(8)9;1-2-5-3-6(9)8(11)7(10)4-5;1-2-6-3-7(9)5-8(10)4-6;1-2-6-3-4-7(9)5-8(6)10/h3-6,8-12H,2,7H2,1H3;3-11H,2H2,1H3;5-6,9H,2-4,7-8H2,1H3;5-9H,4H2,1-3H3;3-6,12H,2H2,1H3;2-5,11H,1H3;4-6H,1-3H3;3-6H,2H2,1H3;3-4H,2H2,1H3;2*3-5H,2H2,1H3. The van der Waals surface area contributed by atoms with Gasteiger partial charge in [0.25, 0.3) is 0 Å². The van der Waals surface area contributed by atoms with Gasteiger partial charge in [0.05, 0.1) is 0 Å². The first kappa shape index (κ1) is 104. The molecule has 2 N–H and O–H groups in total. The van der Waals surface area contributed by atoms with Crippen LogP contribution < -0.4 is 9.64 Å². The number of aromatic amines is 2. The van der Waals surface area contributed by atoms with Crippen molar-refractivity contribution in [2.24, 2.45) is 0 Å². The number of H-pyrrole nitrogens is 2. The van der Waals surface area contributed by atoms with Crippen LogP contribution in [0.4, 0.5) is 45.3 Å². The van der Waals surface area contributed by atoms with Gasteiger partial charge in [-0.2, -0.15) is 0 Å². The summed E-state index contributed by atoms with van der Waals surface area (Å²) in [5, 5.41) is 7.49. The number of pyridine rings is 1. The molecule has 0 radical (unpaired) electrons. The van der Waals surface area contributed by atoms with E-state index < -0.39 is 40.7 Å². The van der Waals surface area contributed by atoms with E-state index in [1.54, 1.807) is 31.2 Å². The number of piperidine rings is 1. The van der Waals surface area contributed by atoms with Crippen LogP contribution in [0.25, 0.3) is 43.4 Å². The SMILES string of the molecule is CCC(C)(C)c1ccccc1.CCCc1c2ccccc2cc2ccccc12.CCSc1ccccc1Br.CCc1c[nH]c2ccc(F)cc12.CCc1cc(F)c(F)c(F)c1.CCc1cc(F)cc(F)c1.CCc1ccc(F)cc1F.CCc1ccccc1Oc1ccccc1.Cc1c[nH]c2ccc(F)cc12.Cc1cccc(C)c1C.Cc1ccnc(N2CCCCC2)c1. The number of benzene rings is 13. The Kier molecular flexibility index (Phi) is 44.8. The van der Waals surface area contributed by atoms with E-state index in [9.17, 15) is 39.5 Å². The Hall–Kier alpha value is -11.6. The highest BCUT2D eigenvalue weighted by molar-refractivity contribution is 9.10. The molecule has 0 saturated carbocycles. The number of para-hydroxylation sites is 2. The summed E-state index contributed by atoms with van der Waals surface area (Å²) in [6, 6.07) is 86.0. The largest absolute Gasteiger partial charge is 0.457 e. The first-order valence-electron chi connectivity index (χ1n) is 44.4. The van der Waals surface area contributed by atoms with Gasteiger partial charge in [0, 0.05) is 75.0 Å². The lowest BCUT2D eigenvalue weighted by atomic mass is 9.82. The van der Waals surface area contributed by atoms with Crippen LogP contribution in [-0.2, 0) is 43.9 Å². The molecule has 13 aromatic carbocycles. The van der Waals surface area contributed by atoms with Crippen molar-refractivity contribution >= 4 is 76.9 Å². The molecular weight excluding hydrogens is 1710 g/mol. The lowest BCUT2D eigenvalue weighted by molar-refractivity contribution is 0.445. The molecule has 1 saturated heterocycles. The summed E-state index contributed by atoms with van der Waals surface area (Å²) >= 11 is 5.33. The third-order valence-corrected chi connectivity index (χ3v) is 23.8. The van der Waals surface area contributed by atoms with Crippen molar-refractivity contribution in [3.05, 3.63) is 421 Å². The van der Waals surface area contributed by atoms with Crippen LogP contribution in [-0.4, -0.2) is 33.8 Å². The maximum Gasteiger partial charge on any atom is 0.194 e. The Labute approximate surface area is 772 Å². The summed E-state index contributed by atoms with van der Waals surface area (Å²) in [7, 11) is 0. The highest BCUT2D eigenvalue weighted by Gasteiger charge is 2.17. The Bertz CT molecular complexity index is 5910. The van der Waals surface area contributed by atoms with E-state index in [0.29, 0.717) is 41.4 Å². The molecule has 3 aromatic heterocycles. The number of ether oxygens (including phenoxy) is 1. The van der Waals surface area contributed by atoms with Gasteiger partial charge in [-0.1, -0.05) is 227 Å². The summed E-state index contributed by atoms with van der Waals surface area (Å²) < 4.78 is 119. The number of nitrogens with one attached hydrogen (secondary N) is 2. The zero-order valence-electron chi connectivity index (χ0n) is 77.2. The minimum absolute atomic E-state index is 0.170. The van der Waals surface area contributed by atoms with E-state index in [1.807, 2.05) is 112 Å². The fourth-order valence-corrected chi connectivity index (χ4v) is 15.1. The van der Waals surface area contributed by atoms with Crippen LogP contribution in [0, 0.1) is 87.0 Å². The second kappa shape index (κ2) is 55.3. The Balaban J connectivity index is 0.000000195. The van der Waals surface area contributed by atoms with Crippen molar-refractivity contribution in [2.45, 2.75) is 185 Å². The molecule has 678 valence electrons. The average molecular weight is 1840 g/mol. The molecule has 0 atom stereocenters. The molecule has 0 aliphatic carbocycles. The molecule has 0 amide bonds. The maximum atomic E-state index is 12.8. The van der Waals surface area contributed by atoms with Crippen molar-refractivity contribution in [1.82, 2.24) is 15.0 Å². The fourth-order valence-electron chi connectivity index (χ4n) is 13.8. The van der Waals surface area contributed by atoms with E-state index in [2.05, 4.69) is 245 Å². The van der Waals surface area contributed by atoms with Crippen molar-refractivity contribution in [2.75, 3.05) is 23.7 Å². The number of hydrogen-bond acceptors (Lipinski definition) is 4. The smallest absolute Gasteiger partial charge is 0.194 e. The van der Waals surface area contributed by atoms with Gasteiger partial charge in [0.1, 0.15) is 52.2 Å². The molecule has 1 aliphatic rings. The molecule has 129 heavy (non-hydrogen) atoms. The zero-order chi connectivity index (χ0) is 93.8. The third kappa shape index (κ3) is 34.4. The molecule has 16 heteroatoms. The highest BCUT2D eigenvalue weighted by atomic mass is 79.9. The fraction of sp³-hybridized carbons (Fsp3) is 0.265. The maximum absolute atomic E-state index is 12.8. The Morgan fingerprint density at radius 2 is 0.930 bits per heavy atom. The van der Waals surface area contributed by atoms with Crippen LogP contribution in [0.15, 0.2) is 307 Å². The van der Waals surface area contributed by atoms with E-state index in [1.165, 1.54) is 157 Å². The quantitative estimate of drug-likeness (QED) is 0.0493. The first-order valence-corrected chi connectivity index (χ1v) is 46.2. The number of thioether (sulfide) groups is 1. The second-order valence-electron chi connectivity index (χ2n) is 31.6. The molecule has 5 nitrogen and oxygen atoms in total.